The maximum absolute atomic E-state index is 13.5. The summed E-state index contributed by atoms with van der Waals surface area (Å²) in [5.41, 5.74) is 0.236. The highest BCUT2D eigenvalue weighted by Gasteiger charge is 2.11. The van der Waals surface area contributed by atoms with Gasteiger partial charge in [0.15, 0.2) is 10.3 Å². The van der Waals surface area contributed by atoms with Gasteiger partial charge in [-0.05, 0) is 18.2 Å². The third kappa shape index (κ3) is 3.10. The third-order valence-corrected chi connectivity index (χ3v) is 2.66. The fourth-order valence-electron chi connectivity index (χ4n) is 1.36. The summed E-state index contributed by atoms with van der Waals surface area (Å²) >= 11 is 11.4. The van der Waals surface area contributed by atoms with Crippen molar-refractivity contribution in [3.63, 3.8) is 0 Å². The number of carboxylic acids is 1. The number of hydrogen-bond donors (Lipinski definition) is 2. The second-order valence-corrected chi connectivity index (χ2v) is 4.24. The van der Waals surface area contributed by atoms with Gasteiger partial charge in [0.2, 0.25) is 0 Å². The molecule has 0 aliphatic rings. The number of benzene rings is 1. The molecule has 0 saturated carbocycles. The highest BCUT2D eigenvalue weighted by atomic mass is 35.5. The number of nitrogens with zero attached hydrogens (tertiary/aromatic N) is 2. The molecule has 98 valence electrons. The first-order chi connectivity index (χ1) is 8.97. The van der Waals surface area contributed by atoms with E-state index in [0.29, 0.717) is 11.4 Å². The highest BCUT2D eigenvalue weighted by molar-refractivity contribution is 6.33. The van der Waals surface area contributed by atoms with Crippen LogP contribution in [0.2, 0.25) is 10.3 Å². The van der Waals surface area contributed by atoms with Crippen LogP contribution in [0.3, 0.4) is 0 Å². The summed E-state index contributed by atoms with van der Waals surface area (Å²) < 4.78 is 13.5. The van der Waals surface area contributed by atoms with Gasteiger partial charge in [0.25, 0.3) is 0 Å². The van der Waals surface area contributed by atoms with Gasteiger partial charge in [0, 0.05) is 11.8 Å². The molecule has 0 atom stereocenters. The van der Waals surface area contributed by atoms with E-state index in [2.05, 4.69) is 15.5 Å². The molecular weight excluding hydrogens is 296 g/mol. The first kappa shape index (κ1) is 13.5. The summed E-state index contributed by atoms with van der Waals surface area (Å²) in [5.74, 6) is -2.20. The predicted molar refractivity (Wildman–Crippen MR) is 68.7 cm³/mol. The molecule has 0 amide bonds. The highest BCUT2D eigenvalue weighted by Crippen LogP contribution is 2.25. The van der Waals surface area contributed by atoms with E-state index in [-0.39, 0.29) is 10.3 Å². The zero-order valence-electron chi connectivity index (χ0n) is 9.19. The largest absolute Gasteiger partial charge is 0.478 e. The van der Waals surface area contributed by atoms with Crippen LogP contribution in [0.25, 0.3) is 0 Å². The molecule has 0 bridgehead atoms. The van der Waals surface area contributed by atoms with Crippen LogP contribution in [0.1, 0.15) is 10.4 Å². The summed E-state index contributed by atoms with van der Waals surface area (Å²) in [6.45, 7) is 0. The number of anilines is 2. The number of aromatic nitrogens is 2. The van der Waals surface area contributed by atoms with E-state index < -0.39 is 17.3 Å². The van der Waals surface area contributed by atoms with Gasteiger partial charge in [0.1, 0.15) is 5.82 Å². The average molecular weight is 302 g/mol. The number of aromatic carboxylic acids is 1. The van der Waals surface area contributed by atoms with Crippen LogP contribution in [0.4, 0.5) is 15.8 Å². The van der Waals surface area contributed by atoms with Crippen molar-refractivity contribution in [1.82, 2.24) is 10.2 Å². The Hall–Kier alpha value is -1.92. The smallest absolute Gasteiger partial charge is 0.338 e. The Morgan fingerprint density at radius 3 is 2.63 bits per heavy atom. The summed E-state index contributed by atoms with van der Waals surface area (Å²) in [4.78, 5) is 10.7. The SMILES string of the molecule is O=C(O)c1ccc(Nc2cc(Cl)nnc2Cl)cc1F. The zero-order chi connectivity index (χ0) is 14.0. The van der Waals surface area contributed by atoms with Crippen molar-refractivity contribution >= 4 is 40.5 Å². The lowest BCUT2D eigenvalue weighted by atomic mass is 10.2. The monoisotopic (exact) mass is 301 g/mol. The van der Waals surface area contributed by atoms with Crippen LogP contribution in [-0.2, 0) is 0 Å². The molecule has 2 aromatic rings. The van der Waals surface area contributed by atoms with Gasteiger partial charge in [-0.15, -0.1) is 10.2 Å². The maximum Gasteiger partial charge on any atom is 0.338 e. The Bertz CT molecular complexity index is 652. The lowest BCUT2D eigenvalue weighted by Crippen LogP contribution is -2.02. The standard InChI is InChI=1S/C11H6Cl2FN3O2/c12-9-4-8(10(13)17-16-9)15-5-1-2-6(11(18)19)7(14)3-5/h1-4H,(H,15,16)(H,18,19). The van der Waals surface area contributed by atoms with Gasteiger partial charge in [-0.25, -0.2) is 9.18 Å². The maximum atomic E-state index is 13.5. The zero-order valence-corrected chi connectivity index (χ0v) is 10.7. The predicted octanol–water partition coefficient (Wildman–Crippen LogP) is 3.36. The van der Waals surface area contributed by atoms with Crippen LogP contribution in [0, 0.1) is 5.82 Å². The van der Waals surface area contributed by atoms with Crippen molar-refractivity contribution in [3.05, 3.63) is 46.0 Å². The minimum atomic E-state index is -1.34. The fraction of sp³-hybridized carbons (Fsp3) is 0. The molecule has 0 aliphatic heterocycles. The normalized spacial score (nSPS) is 10.3. The number of nitrogens with one attached hydrogen (secondary N) is 1. The Kier molecular flexibility index (Phi) is 3.82. The Morgan fingerprint density at radius 1 is 1.26 bits per heavy atom. The first-order valence-electron chi connectivity index (χ1n) is 4.96. The van der Waals surface area contributed by atoms with Crippen LogP contribution in [0.15, 0.2) is 24.3 Å². The molecule has 8 heteroatoms. The molecule has 5 nitrogen and oxygen atoms in total. The van der Waals surface area contributed by atoms with Crippen LogP contribution in [0.5, 0.6) is 0 Å². The summed E-state index contributed by atoms with van der Waals surface area (Å²) in [6.07, 6.45) is 0. The lowest BCUT2D eigenvalue weighted by molar-refractivity contribution is 0.0692. The van der Waals surface area contributed by atoms with Gasteiger partial charge >= 0.3 is 5.97 Å². The van der Waals surface area contributed by atoms with Gasteiger partial charge in [0.05, 0.1) is 11.3 Å². The molecule has 0 aliphatic carbocycles. The van der Waals surface area contributed by atoms with Crippen LogP contribution in [-0.4, -0.2) is 21.3 Å². The molecule has 2 N–H and O–H groups in total. The van der Waals surface area contributed by atoms with Crippen molar-refractivity contribution in [2.24, 2.45) is 0 Å². The van der Waals surface area contributed by atoms with E-state index >= 15 is 0 Å². The van der Waals surface area contributed by atoms with E-state index in [1.807, 2.05) is 0 Å². The molecule has 2 rings (SSSR count). The lowest BCUT2D eigenvalue weighted by Gasteiger charge is -2.08. The molecule has 0 spiro atoms. The Morgan fingerprint density at radius 2 is 2.00 bits per heavy atom. The molecule has 1 aromatic heterocycles. The quantitative estimate of drug-likeness (QED) is 0.909. The Labute approximate surface area is 117 Å². The molecule has 0 fully saturated rings. The second kappa shape index (κ2) is 5.38. The van der Waals surface area contributed by atoms with Crippen molar-refractivity contribution in [1.29, 1.82) is 0 Å². The van der Waals surface area contributed by atoms with Gasteiger partial charge in [-0.1, -0.05) is 23.2 Å². The number of carbonyl (C=O) groups is 1. The van der Waals surface area contributed by atoms with E-state index in [4.69, 9.17) is 28.3 Å². The number of hydrogen-bond acceptors (Lipinski definition) is 4. The first-order valence-corrected chi connectivity index (χ1v) is 5.71. The molecule has 1 aromatic carbocycles. The van der Waals surface area contributed by atoms with Gasteiger partial charge in [-0.2, -0.15) is 0 Å². The van der Waals surface area contributed by atoms with Crippen molar-refractivity contribution in [2.45, 2.75) is 0 Å². The molecule has 1 heterocycles. The summed E-state index contributed by atoms with van der Waals surface area (Å²) in [6, 6.07) is 5.00. The summed E-state index contributed by atoms with van der Waals surface area (Å²) in [5, 5.41) is 18.8. The van der Waals surface area contributed by atoms with E-state index in [0.717, 1.165) is 12.1 Å². The minimum absolute atomic E-state index is 0.0621. The molecule has 19 heavy (non-hydrogen) atoms. The molecule has 0 unspecified atom stereocenters. The van der Waals surface area contributed by atoms with Crippen LogP contribution >= 0.6 is 23.2 Å². The molecular formula is C11H6Cl2FN3O2. The minimum Gasteiger partial charge on any atom is -0.478 e. The van der Waals surface area contributed by atoms with Crippen molar-refractivity contribution < 1.29 is 14.3 Å². The summed E-state index contributed by atoms with van der Waals surface area (Å²) in [7, 11) is 0. The van der Waals surface area contributed by atoms with E-state index in [9.17, 15) is 9.18 Å². The van der Waals surface area contributed by atoms with E-state index in [1.54, 1.807) is 0 Å². The van der Waals surface area contributed by atoms with Gasteiger partial charge < -0.3 is 10.4 Å². The molecule has 0 radical (unpaired) electrons. The Balaban J connectivity index is 2.31. The van der Waals surface area contributed by atoms with Crippen LogP contribution < -0.4 is 5.32 Å². The number of carboxylic acid groups (broad SMARTS) is 1. The topological polar surface area (TPSA) is 75.1 Å². The number of halogens is 3. The second-order valence-electron chi connectivity index (χ2n) is 3.50. The van der Waals surface area contributed by atoms with Crippen molar-refractivity contribution in [3.8, 4) is 0 Å². The third-order valence-electron chi connectivity index (χ3n) is 2.20. The molecule has 0 saturated heterocycles. The van der Waals surface area contributed by atoms with E-state index in [1.165, 1.54) is 12.1 Å². The number of rotatable bonds is 3. The average Bonchev–Trinajstić information content (AvgIpc) is 2.33. The van der Waals surface area contributed by atoms with Gasteiger partial charge in [-0.3, -0.25) is 0 Å². The fourth-order valence-corrected chi connectivity index (χ4v) is 1.65. The van der Waals surface area contributed by atoms with Crippen molar-refractivity contribution in [2.75, 3.05) is 5.32 Å².